The van der Waals surface area contributed by atoms with Gasteiger partial charge in [-0.05, 0) is 42.8 Å². The third-order valence-corrected chi connectivity index (χ3v) is 4.34. The van der Waals surface area contributed by atoms with E-state index < -0.39 is 5.91 Å². The molecule has 1 aromatic heterocycles. The van der Waals surface area contributed by atoms with Crippen molar-refractivity contribution in [2.75, 3.05) is 0 Å². The third-order valence-electron chi connectivity index (χ3n) is 4.11. The van der Waals surface area contributed by atoms with Crippen molar-refractivity contribution in [3.8, 4) is 0 Å². The van der Waals surface area contributed by atoms with Gasteiger partial charge in [-0.3, -0.25) is 9.59 Å². The summed E-state index contributed by atoms with van der Waals surface area (Å²) >= 11 is 6.07. The van der Waals surface area contributed by atoms with E-state index in [2.05, 4.69) is 5.32 Å². The minimum atomic E-state index is -0.471. The lowest BCUT2D eigenvalue weighted by Gasteiger charge is -2.09. The number of hydrogen-bond donors (Lipinski definition) is 2. The quantitative estimate of drug-likeness (QED) is 0.736. The average Bonchev–Trinajstić information content (AvgIpc) is 2.97. The maximum atomic E-state index is 12.6. The fourth-order valence-electron chi connectivity index (χ4n) is 2.82. The summed E-state index contributed by atoms with van der Waals surface area (Å²) in [6.45, 7) is 3.02. The Morgan fingerprint density at radius 3 is 2.48 bits per heavy atom. The van der Waals surface area contributed by atoms with Crippen molar-refractivity contribution in [3.05, 3.63) is 70.4 Å². The normalized spacial score (nSPS) is 10.8. The number of rotatable bonds is 5. The Hall–Kier alpha value is -2.79. The Kier molecular flexibility index (Phi) is 4.76. The lowest BCUT2D eigenvalue weighted by molar-refractivity contribution is 0.0940. The van der Waals surface area contributed by atoms with Crippen LogP contribution >= 0.6 is 11.6 Å². The van der Waals surface area contributed by atoms with Gasteiger partial charge >= 0.3 is 0 Å². The van der Waals surface area contributed by atoms with Gasteiger partial charge in [-0.1, -0.05) is 29.8 Å². The second-order valence-corrected chi connectivity index (χ2v) is 6.16. The summed E-state index contributed by atoms with van der Waals surface area (Å²) < 4.78 is 1.94. The number of benzene rings is 2. The number of aryl methyl sites for hydroxylation is 1. The Bertz CT molecular complexity index is 945. The summed E-state index contributed by atoms with van der Waals surface area (Å²) in [5.74, 6) is -0.630. The number of primary amides is 1. The SMILES string of the molecule is CCn1c(C(=O)NCc2ccc(C(N)=O)cc2)cc2ccc(Cl)cc21. The molecule has 0 aliphatic carbocycles. The van der Waals surface area contributed by atoms with Gasteiger partial charge in [0, 0.05) is 29.1 Å². The molecule has 0 aliphatic heterocycles. The third kappa shape index (κ3) is 3.51. The minimum absolute atomic E-state index is 0.159. The largest absolute Gasteiger partial charge is 0.366 e. The fraction of sp³-hybridized carbons (Fsp3) is 0.158. The first-order valence-electron chi connectivity index (χ1n) is 7.95. The van der Waals surface area contributed by atoms with Crippen LogP contribution in [0.5, 0.6) is 0 Å². The summed E-state index contributed by atoms with van der Waals surface area (Å²) in [7, 11) is 0. The first-order chi connectivity index (χ1) is 12.0. The number of hydrogen-bond acceptors (Lipinski definition) is 2. The van der Waals surface area contributed by atoms with Crippen LogP contribution < -0.4 is 11.1 Å². The summed E-state index contributed by atoms with van der Waals surface area (Å²) in [5.41, 5.74) is 8.08. The van der Waals surface area contributed by atoms with Gasteiger partial charge in [0.25, 0.3) is 5.91 Å². The summed E-state index contributed by atoms with van der Waals surface area (Å²) in [6.07, 6.45) is 0. The molecule has 6 heteroatoms. The molecule has 3 rings (SSSR count). The molecule has 0 unspecified atom stereocenters. The van der Waals surface area contributed by atoms with Crippen LogP contribution in [0.4, 0.5) is 0 Å². The summed E-state index contributed by atoms with van der Waals surface area (Å²) in [6, 6.07) is 14.3. The van der Waals surface area contributed by atoms with Crippen LogP contribution in [0.25, 0.3) is 10.9 Å². The molecule has 0 bridgehead atoms. The predicted octanol–water partition coefficient (Wildman–Crippen LogP) is 3.34. The number of nitrogens with one attached hydrogen (secondary N) is 1. The number of halogens is 1. The first kappa shape index (κ1) is 17.0. The molecule has 0 saturated heterocycles. The van der Waals surface area contributed by atoms with Gasteiger partial charge in [0.15, 0.2) is 0 Å². The average molecular weight is 356 g/mol. The molecule has 0 saturated carbocycles. The zero-order valence-corrected chi connectivity index (χ0v) is 14.5. The van der Waals surface area contributed by atoms with Crippen LogP contribution in [0.15, 0.2) is 48.5 Å². The number of carbonyl (C=O) groups excluding carboxylic acids is 2. The van der Waals surface area contributed by atoms with E-state index in [0.717, 1.165) is 16.5 Å². The lowest BCUT2D eigenvalue weighted by atomic mass is 10.1. The van der Waals surface area contributed by atoms with Crippen LogP contribution in [-0.2, 0) is 13.1 Å². The molecule has 3 aromatic rings. The lowest BCUT2D eigenvalue weighted by Crippen LogP contribution is -2.25. The van der Waals surface area contributed by atoms with Crippen LogP contribution in [0, 0.1) is 0 Å². The van der Waals surface area contributed by atoms with E-state index in [-0.39, 0.29) is 5.91 Å². The highest BCUT2D eigenvalue weighted by molar-refractivity contribution is 6.31. The topological polar surface area (TPSA) is 77.1 Å². The molecular weight excluding hydrogens is 338 g/mol. The van der Waals surface area contributed by atoms with E-state index in [0.29, 0.717) is 29.4 Å². The minimum Gasteiger partial charge on any atom is -0.366 e. The summed E-state index contributed by atoms with van der Waals surface area (Å²) in [4.78, 5) is 23.7. The number of amides is 2. The van der Waals surface area contributed by atoms with E-state index in [1.165, 1.54) is 0 Å². The van der Waals surface area contributed by atoms with Crippen molar-refractivity contribution in [2.24, 2.45) is 5.73 Å². The van der Waals surface area contributed by atoms with Gasteiger partial charge < -0.3 is 15.6 Å². The molecule has 5 nitrogen and oxygen atoms in total. The van der Waals surface area contributed by atoms with E-state index in [4.69, 9.17) is 17.3 Å². The van der Waals surface area contributed by atoms with Crippen molar-refractivity contribution in [3.63, 3.8) is 0 Å². The maximum Gasteiger partial charge on any atom is 0.268 e. The van der Waals surface area contributed by atoms with Crippen molar-refractivity contribution < 1.29 is 9.59 Å². The van der Waals surface area contributed by atoms with Crippen LogP contribution in [0.2, 0.25) is 5.02 Å². The van der Waals surface area contributed by atoms with Gasteiger partial charge in [-0.25, -0.2) is 0 Å². The number of nitrogens with two attached hydrogens (primary N) is 1. The Balaban J connectivity index is 1.79. The summed E-state index contributed by atoms with van der Waals surface area (Å²) in [5, 5.41) is 4.52. The highest BCUT2D eigenvalue weighted by Gasteiger charge is 2.14. The molecule has 2 aromatic carbocycles. The Morgan fingerprint density at radius 2 is 1.84 bits per heavy atom. The van der Waals surface area contributed by atoms with Crippen molar-refractivity contribution in [1.82, 2.24) is 9.88 Å². The highest BCUT2D eigenvalue weighted by atomic mass is 35.5. The highest BCUT2D eigenvalue weighted by Crippen LogP contribution is 2.23. The van der Waals surface area contributed by atoms with Gasteiger partial charge in [0.05, 0.1) is 5.52 Å². The Morgan fingerprint density at radius 1 is 1.12 bits per heavy atom. The van der Waals surface area contributed by atoms with Crippen LogP contribution in [-0.4, -0.2) is 16.4 Å². The molecule has 0 fully saturated rings. The molecule has 0 aliphatic rings. The number of aromatic nitrogens is 1. The van der Waals surface area contributed by atoms with E-state index in [9.17, 15) is 9.59 Å². The molecule has 0 atom stereocenters. The second kappa shape index (κ2) is 6.99. The molecule has 0 radical (unpaired) electrons. The molecule has 25 heavy (non-hydrogen) atoms. The molecule has 0 spiro atoms. The van der Waals surface area contributed by atoms with Crippen molar-refractivity contribution in [2.45, 2.75) is 20.0 Å². The molecule has 128 valence electrons. The molecular formula is C19H18ClN3O2. The number of carbonyl (C=O) groups is 2. The van der Waals surface area contributed by atoms with Gasteiger partial charge in [-0.15, -0.1) is 0 Å². The second-order valence-electron chi connectivity index (χ2n) is 5.72. The van der Waals surface area contributed by atoms with Gasteiger partial charge in [-0.2, -0.15) is 0 Å². The van der Waals surface area contributed by atoms with E-state index in [1.54, 1.807) is 24.3 Å². The smallest absolute Gasteiger partial charge is 0.268 e. The first-order valence-corrected chi connectivity index (χ1v) is 8.33. The van der Waals surface area contributed by atoms with Crippen molar-refractivity contribution >= 4 is 34.3 Å². The number of fused-ring (bicyclic) bond motifs is 1. The molecule has 3 N–H and O–H groups in total. The van der Waals surface area contributed by atoms with Gasteiger partial charge in [0.1, 0.15) is 5.69 Å². The maximum absolute atomic E-state index is 12.6. The van der Waals surface area contributed by atoms with Crippen LogP contribution in [0.1, 0.15) is 33.3 Å². The van der Waals surface area contributed by atoms with E-state index >= 15 is 0 Å². The van der Waals surface area contributed by atoms with Crippen molar-refractivity contribution in [1.29, 1.82) is 0 Å². The zero-order valence-electron chi connectivity index (χ0n) is 13.8. The standard InChI is InChI=1S/C19H18ClN3O2/c1-2-23-16-10-15(20)8-7-14(16)9-17(23)19(25)22-11-12-3-5-13(6-4-12)18(21)24/h3-10H,2,11H2,1H3,(H2,21,24)(H,22,25). The van der Waals surface area contributed by atoms with Gasteiger partial charge in [0.2, 0.25) is 5.91 Å². The fourth-order valence-corrected chi connectivity index (χ4v) is 2.98. The Labute approximate surface area is 150 Å². The van der Waals surface area contributed by atoms with E-state index in [1.807, 2.05) is 35.8 Å². The number of nitrogens with zero attached hydrogens (tertiary/aromatic N) is 1. The monoisotopic (exact) mass is 355 g/mol. The molecule has 2 amide bonds. The zero-order chi connectivity index (χ0) is 18.0. The predicted molar refractivity (Wildman–Crippen MR) is 98.8 cm³/mol. The molecule has 1 heterocycles. The van der Waals surface area contributed by atoms with Crippen LogP contribution in [0.3, 0.4) is 0 Å².